The number of aromatic nitrogens is 3. The number of rotatable bonds is 5. The topological polar surface area (TPSA) is 106 Å². The van der Waals surface area contributed by atoms with Gasteiger partial charge in [-0.15, -0.1) is 0 Å². The van der Waals surface area contributed by atoms with E-state index in [9.17, 15) is 9.59 Å². The third-order valence-corrected chi connectivity index (χ3v) is 4.95. The van der Waals surface area contributed by atoms with E-state index in [1.807, 2.05) is 37.1 Å². The molecule has 138 valence electrons. The summed E-state index contributed by atoms with van der Waals surface area (Å²) in [7, 11) is 1.82. The van der Waals surface area contributed by atoms with Gasteiger partial charge in [0.05, 0.1) is 12.2 Å². The highest BCUT2D eigenvalue weighted by Gasteiger charge is 2.43. The first kappa shape index (κ1) is 18.1. The van der Waals surface area contributed by atoms with Crippen molar-refractivity contribution in [2.45, 2.75) is 25.2 Å². The van der Waals surface area contributed by atoms with Crippen molar-refractivity contribution in [3.8, 4) is 0 Å². The minimum atomic E-state index is -0.860. The molecule has 8 nitrogen and oxygen atoms in total. The quantitative estimate of drug-likeness (QED) is 0.815. The van der Waals surface area contributed by atoms with E-state index in [1.54, 1.807) is 16.9 Å². The Morgan fingerprint density at radius 2 is 2.19 bits per heavy atom. The van der Waals surface area contributed by atoms with Crippen LogP contribution in [0.15, 0.2) is 30.5 Å². The summed E-state index contributed by atoms with van der Waals surface area (Å²) in [6, 6.07) is 7.30. The molecule has 1 aliphatic heterocycles. The lowest BCUT2D eigenvalue weighted by Gasteiger charge is -2.39. The van der Waals surface area contributed by atoms with E-state index >= 15 is 0 Å². The van der Waals surface area contributed by atoms with Gasteiger partial charge in [-0.1, -0.05) is 6.07 Å². The van der Waals surface area contributed by atoms with E-state index in [2.05, 4.69) is 15.4 Å². The van der Waals surface area contributed by atoms with E-state index in [0.29, 0.717) is 24.5 Å². The first-order chi connectivity index (χ1) is 12.4. The zero-order chi connectivity index (χ0) is 18.7. The predicted octanol–water partition coefficient (Wildman–Crippen LogP) is 0.581. The van der Waals surface area contributed by atoms with Crippen LogP contribution in [0.25, 0.3) is 0 Å². The summed E-state index contributed by atoms with van der Waals surface area (Å²) in [6.07, 6.45) is 3.07. The smallest absolute Gasteiger partial charge is 0.239 e. The van der Waals surface area contributed by atoms with Crippen LogP contribution in [0.5, 0.6) is 0 Å². The molecule has 26 heavy (non-hydrogen) atoms. The SMILES string of the molecule is Cc1cc(NC(=O)CN2CCC[C@](C(N)=O)(c3ccccn3)C2)nn1C. The van der Waals surface area contributed by atoms with Gasteiger partial charge < -0.3 is 11.1 Å². The number of nitrogens with two attached hydrogens (primary N) is 1. The number of anilines is 1. The van der Waals surface area contributed by atoms with Gasteiger partial charge in [0.15, 0.2) is 5.82 Å². The summed E-state index contributed by atoms with van der Waals surface area (Å²) in [4.78, 5) is 31.0. The third-order valence-electron chi connectivity index (χ3n) is 4.95. The van der Waals surface area contributed by atoms with Crippen molar-refractivity contribution in [2.24, 2.45) is 12.8 Å². The number of likely N-dealkylation sites (tertiary alicyclic amines) is 1. The van der Waals surface area contributed by atoms with Crippen molar-refractivity contribution < 1.29 is 9.59 Å². The minimum absolute atomic E-state index is 0.163. The Balaban J connectivity index is 1.71. The number of amides is 2. The van der Waals surface area contributed by atoms with Crippen LogP contribution in [0.2, 0.25) is 0 Å². The summed E-state index contributed by atoms with van der Waals surface area (Å²) in [6.45, 7) is 3.21. The molecule has 8 heteroatoms. The van der Waals surface area contributed by atoms with Crippen LogP contribution in [0, 0.1) is 6.92 Å². The van der Waals surface area contributed by atoms with Gasteiger partial charge >= 0.3 is 0 Å². The van der Waals surface area contributed by atoms with Gasteiger partial charge in [-0.05, 0) is 38.4 Å². The maximum atomic E-state index is 12.4. The number of aryl methyl sites for hydroxylation is 2. The Morgan fingerprint density at radius 1 is 1.38 bits per heavy atom. The zero-order valence-corrected chi connectivity index (χ0v) is 15.1. The molecule has 1 atom stereocenters. The van der Waals surface area contributed by atoms with Gasteiger partial charge in [0.25, 0.3) is 0 Å². The highest BCUT2D eigenvalue weighted by Crippen LogP contribution is 2.32. The molecule has 0 radical (unpaired) electrons. The second-order valence-electron chi connectivity index (χ2n) is 6.82. The van der Waals surface area contributed by atoms with Crippen LogP contribution in [0.3, 0.4) is 0 Å². The Labute approximate surface area is 152 Å². The summed E-state index contributed by atoms with van der Waals surface area (Å²) >= 11 is 0. The minimum Gasteiger partial charge on any atom is -0.369 e. The number of pyridine rings is 1. The number of hydrogen-bond donors (Lipinski definition) is 2. The number of carbonyl (C=O) groups excluding carboxylic acids is 2. The molecule has 2 aromatic rings. The highest BCUT2D eigenvalue weighted by atomic mass is 16.2. The molecule has 0 aliphatic carbocycles. The van der Waals surface area contributed by atoms with Crippen molar-refractivity contribution in [1.29, 1.82) is 0 Å². The molecular formula is C18H24N6O2. The van der Waals surface area contributed by atoms with E-state index in [0.717, 1.165) is 18.7 Å². The van der Waals surface area contributed by atoms with Crippen LogP contribution in [0.4, 0.5) is 5.82 Å². The molecule has 2 amide bonds. The van der Waals surface area contributed by atoms with Crippen LogP contribution >= 0.6 is 0 Å². The fourth-order valence-electron chi connectivity index (χ4n) is 3.47. The Bertz CT molecular complexity index is 784. The third kappa shape index (κ3) is 3.60. The van der Waals surface area contributed by atoms with Gasteiger partial charge in [0.2, 0.25) is 11.8 Å². The van der Waals surface area contributed by atoms with Gasteiger partial charge in [0, 0.05) is 31.5 Å². The zero-order valence-electron chi connectivity index (χ0n) is 15.1. The summed E-state index contributed by atoms with van der Waals surface area (Å²) in [5, 5.41) is 7.03. The lowest BCUT2D eigenvalue weighted by Crippen LogP contribution is -2.55. The second-order valence-corrected chi connectivity index (χ2v) is 6.82. The first-order valence-electron chi connectivity index (χ1n) is 8.65. The predicted molar refractivity (Wildman–Crippen MR) is 97.4 cm³/mol. The number of primary amides is 1. The maximum absolute atomic E-state index is 12.4. The molecule has 2 aromatic heterocycles. The lowest BCUT2D eigenvalue weighted by molar-refractivity contribution is -0.127. The van der Waals surface area contributed by atoms with Gasteiger partial charge in [-0.2, -0.15) is 5.10 Å². The monoisotopic (exact) mass is 356 g/mol. The van der Waals surface area contributed by atoms with Gasteiger partial charge in [-0.3, -0.25) is 24.2 Å². The molecule has 3 rings (SSSR count). The fraction of sp³-hybridized carbons (Fsp3) is 0.444. The molecule has 1 saturated heterocycles. The van der Waals surface area contributed by atoms with E-state index < -0.39 is 11.3 Å². The summed E-state index contributed by atoms with van der Waals surface area (Å²) in [5.74, 6) is -0.0380. The highest BCUT2D eigenvalue weighted by molar-refractivity contribution is 5.91. The lowest BCUT2D eigenvalue weighted by atomic mass is 9.76. The van der Waals surface area contributed by atoms with Crippen molar-refractivity contribution >= 4 is 17.6 Å². The number of carbonyl (C=O) groups is 2. The second kappa shape index (κ2) is 7.25. The number of hydrogen-bond acceptors (Lipinski definition) is 5. The van der Waals surface area contributed by atoms with Gasteiger partial charge in [0.1, 0.15) is 5.41 Å². The van der Waals surface area contributed by atoms with Crippen molar-refractivity contribution in [2.75, 3.05) is 25.0 Å². The Hall–Kier alpha value is -2.74. The van der Waals surface area contributed by atoms with E-state index in [4.69, 9.17) is 5.73 Å². The van der Waals surface area contributed by atoms with Crippen LogP contribution in [-0.4, -0.2) is 51.1 Å². The molecule has 0 aromatic carbocycles. The normalized spacial score (nSPS) is 20.7. The molecule has 0 unspecified atom stereocenters. The van der Waals surface area contributed by atoms with E-state index in [-0.39, 0.29) is 12.5 Å². The fourth-order valence-corrected chi connectivity index (χ4v) is 3.47. The van der Waals surface area contributed by atoms with Crippen molar-refractivity contribution in [3.05, 3.63) is 41.9 Å². The molecule has 3 N–H and O–H groups in total. The number of piperidine rings is 1. The average Bonchev–Trinajstić information content (AvgIpc) is 2.92. The molecule has 1 aliphatic rings. The molecular weight excluding hydrogens is 332 g/mol. The molecule has 0 bridgehead atoms. The first-order valence-corrected chi connectivity index (χ1v) is 8.65. The van der Waals surface area contributed by atoms with Crippen molar-refractivity contribution in [3.63, 3.8) is 0 Å². The molecule has 1 fully saturated rings. The standard InChI is InChI=1S/C18H24N6O2/c1-13-10-15(22-23(13)2)21-16(25)11-24-9-5-7-18(12-24,17(19)26)14-6-3-4-8-20-14/h3-4,6,8,10H,5,7,9,11-12H2,1-2H3,(H2,19,26)(H,21,22,25)/t18-/m1/s1. The van der Waals surface area contributed by atoms with Crippen LogP contribution in [0.1, 0.15) is 24.2 Å². The van der Waals surface area contributed by atoms with Crippen molar-refractivity contribution in [1.82, 2.24) is 19.7 Å². The summed E-state index contributed by atoms with van der Waals surface area (Å²) < 4.78 is 1.70. The maximum Gasteiger partial charge on any atom is 0.239 e. The Morgan fingerprint density at radius 3 is 2.81 bits per heavy atom. The number of nitrogens with zero attached hydrogens (tertiary/aromatic N) is 4. The van der Waals surface area contributed by atoms with E-state index in [1.165, 1.54) is 0 Å². The van der Waals surface area contributed by atoms with Crippen LogP contribution in [-0.2, 0) is 22.1 Å². The molecule has 0 saturated carbocycles. The summed E-state index contributed by atoms with van der Waals surface area (Å²) in [5.41, 5.74) is 6.52. The van der Waals surface area contributed by atoms with Crippen LogP contribution < -0.4 is 11.1 Å². The Kier molecular flexibility index (Phi) is 5.03. The largest absolute Gasteiger partial charge is 0.369 e. The molecule has 0 spiro atoms. The molecule has 3 heterocycles. The average molecular weight is 356 g/mol. The van der Waals surface area contributed by atoms with Gasteiger partial charge in [-0.25, -0.2) is 0 Å². The number of nitrogens with one attached hydrogen (secondary N) is 1.